The van der Waals surface area contributed by atoms with Crippen LogP contribution in [-0.4, -0.2) is 48.1 Å². The van der Waals surface area contributed by atoms with Crippen LogP contribution in [0, 0.1) is 6.92 Å². The van der Waals surface area contributed by atoms with Gasteiger partial charge in [0.2, 0.25) is 11.8 Å². The molecule has 2 heterocycles. The lowest BCUT2D eigenvalue weighted by atomic mass is 10.1. The van der Waals surface area contributed by atoms with Crippen LogP contribution in [0.4, 0.5) is 11.4 Å². The highest BCUT2D eigenvalue weighted by Crippen LogP contribution is 2.36. The number of thioether (sulfide) groups is 1. The minimum absolute atomic E-state index is 0.0610. The number of carbonyl (C=O) groups excluding carboxylic acids is 2. The molecular formula is C21H23N3O2S. The highest BCUT2D eigenvalue weighted by Gasteiger charge is 2.31. The predicted molar refractivity (Wildman–Crippen MR) is 109 cm³/mol. The van der Waals surface area contributed by atoms with Crippen molar-refractivity contribution in [2.45, 2.75) is 23.5 Å². The van der Waals surface area contributed by atoms with E-state index in [0.29, 0.717) is 13.1 Å². The molecule has 0 saturated carbocycles. The standard InChI is InChI=1S/C21H23N3O2S/c1-15-5-4-6-16(13-15)23-9-11-24(12-10-23)20(25)14-19-21(26)22-17-7-2-3-8-18(17)27-19/h2-8,13,19H,9-12,14H2,1H3,(H,22,26). The van der Waals surface area contributed by atoms with E-state index in [2.05, 4.69) is 41.4 Å². The third-order valence-electron chi connectivity index (χ3n) is 5.07. The Morgan fingerprint density at radius 3 is 2.67 bits per heavy atom. The first-order valence-corrected chi connectivity index (χ1v) is 10.1. The normalized spacial score (nSPS) is 19.4. The van der Waals surface area contributed by atoms with E-state index in [0.717, 1.165) is 23.7 Å². The molecule has 1 fully saturated rings. The Hall–Kier alpha value is -2.47. The second-order valence-electron chi connectivity index (χ2n) is 7.00. The van der Waals surface area contributed by atoms with Gasteiger partial charge < -0.3 is 15.1 Å². The van der Waals surface area contributed by atoms with E-state index >= 15 is 0 Å². The molecule has 2 aliphatic rings. The van der Waals surface area contributed by atoms with Crippen LogP contribution in [0.25, 0.3) is 0 Å². The second-order valence-corrected chi connectivity index (χ2v) is 8.25. The van der Waals surface area contributed by atoms with Crippen molar-refractivity contribution in [3.8, 4) is 0 Å². The minimum atomic E-state index is -0.359. The maximum Gasteiger partial charge on any atom is 0.238 e. The maximum atomic E-state index is 12.7. The van der Waals surface area contributed by atoms with Crippen molar-refractivity contribution in [2.24, 2.45) is 0 Å². The number of amides is 2. The van der Waals surface area contributed by atoms with Crippen LogP contribution in [0.5, 0.6) is 0 Å². The third kappa shape index (κ3) is 3.95. The van der Waals surface area contributed by atoms with Gasteiger partial charge in [-0.25, -0.2) is 0 Å². The van der Waals surface area contributed by atoms with Crippen molar-refractivity contribution in [2.75, 3.05) is 36.4 Å². The Morgan fingerprint density at radius 2 is 1.89 bits per heavy atom. The summed E-state index contributed by atoms with van der Waals surface area (Å²) in [6, 6.07) is 16.2. The zero-order valence-corrected chi connectivity index (χ0v) is 16.2. The molecule has 0 spiro atoms. The van der Waals surface area contributed by atoms with Gasteiger partial charge in [0, 0.05) is 43.2 Å². The molecule has 140 valence electrons. The van der Waals surface area contributed by atoms with Gasteiger partial charge in [0.1, 0.15) is 0 Å². The quantitative estimate of drug-likeness (QED) is 0.887. The molecule has 4 rings (SSSR count). The number of hydrogen-bond donors (Lipinski definition) is 1. The monoisotopic (exact) mass is 381 g/mol. The lowest BCUT2D eigenvalue weighted by Crippen LogP contribution is -2.49. The Labute approximate surface area is 163 Å². The molecule has 5 nitrogen and oxygen atoms in total. The number of nitrogens with one attached hydrogen (secondary N) is 1. The summed E-state index contributed by atoms with van der Waals surface area (Å²) in [5, 5.41) is 2.55. The van der Waals surface area contributed by atoms with Gasteiger partial charge in [-0.3, -0.25) is 9.59 Å². The first-order chi connectivity index (χ1) is 13.1. The number of fused-ring (bicyclic) bond motifs is 1. The Balaban J connectivity index is 1.34. The third-order valence-corrected chi connectivity index (χ3v) is 6.34. The summed E-state index contributed by atoms with van der Waals surface area (Å²) in [5.41, 5.74) is 3.29. The minimum Gasteiger partial charge on any atom is -0.368 e. The van der Waals surface area contributed by atoms with Crippen LogP contribution < -0.4 is 10.2 Å². The molecule has 1 unspecified atom stereocenters. The average Bonchev–Trinajstić information content (AvgIpc) is 2.68. The van der Waals surface area contributed by atoms with Crippen molar-refractivity contribution >= 4 is 35.0 Å². The SMILES string of the molecule is Cc1cccc(N2CCN(C(=O)CC3Sc4ccccc4NC3=O)CC2)c1. The van der Waals surface area contributed by atoms with Gasteiger partial charge in [-0.05, 0) is 36.8 Å². The van der Waals surface area contributed by atoms with E-state index in [4.69, 9.17) is 0 Å². The van der Waals surface area contributed by atoms with Gasteiger partial charge in [0.25, 0.3) is 0 Å². The number of rotatable bonds is 3. The van der Waals surface area contributed by atoms with E-state index < -0.39 is 0 Å². The van der Waals surface area contributed by atoms with Crippen LogP contribution >= 0.6 is 11.8 Å². The molecule has 1 N–H and O–H groups in total. The van der Waals surface area contributed by atoms with Gasteiger partial charge in [-0.1, -0.05) is 24.3 Å². The van der Waals surface area contributed by atoms with Crippen molar-refractivity contribution in [3.05, 3.63) is 54.1 Å². The molecule has 0 radical (unpaired) electrons. The van der Waals surface area contributed by atoms with Gasteiger partial charge in [0.05, 0.1) is 10.9 Å². The fourth-order valence-electron chi connectivity index (χ4n) is 3.55. The number of hydrogen-bond acceptors (Lipinski definition) is 4. The number of benzene rings is 2. The number of nitrogens with zero attached hydrogens (tertiary/aromatic N) is 2. The number of para-hydroxylation sites is 1. The van der Waals surface area contributed by atoms with Crippen molar-refractivity contribution in [3.63, 3.8) is 0 Å². The first-order valence-electron chi connectivity index (χ1n) is 9.26. The second kappa shape index (κ2) is 7.64. The molecule has 0 bridgehead atoms. The smallest absolute Gasteiger partial charge is 0.238 e. The number of piperazine rings is 1. The van der Waals surface area contributed by atoms with Gasteiger partial charge in [-0.15, -0.1) is 11.8 Å². The lowest BCUT2D eigenvalue weighted by Gasteiger charge is -2.37. The first kappa shape index (κ1) is 17.9. The Morgan fingerprint density at radius 1 is 1.11 bits per heavy atom. The summed E-state index contributed by atoms with van der Waals surface area (Å²) in [4.78, 5) is 30.3. The van der Waals surface area contributed by atoms with Crippen LogP contribution in [0.2, 0.25) is 0 Å². The van der Waals surface area contributed by atoms with Crippen LogP contribution in [0.1, 0.15) is 12.0 Å². The molecule has 2 aliphatic heterocycles. The summed E-state index contributed by atoms with van der Waals surface area (Å²) in [7, 11) is 0. The summed E-state index contributed by atoms with van der Waals surface area (Å²) in [6.07, 6.45) is 0.245. The molecule has 0 aliphatic carbocycles. The molecule has 1 saturated heterocycles. The highest BCUT2D eigenvalue weighted by atomic mass is 32.2. The van der Waals surface area contributed by atoms with E-state index in [1.54, 1.807) is 0 Å². The van der Waals surface area contributed by atoms with Crippen molar-refractivity contribution in [1.29, 1.82) is 0 Å². The molecule has 2 aromatic carbocycles. The summed E-state index contributed by atoms with van der Waals surface area (Å²) < 4.78 is 0. The van der Waals surface area contributed by atoms with Crippen LogP contribution in [0.3, 0.4) is 0 Å². The fourth-order valence-corrected chi connectivity index (χ4v) is 4.66. The maximum absolute atomic E-state index is 12.7. The van der Waals surface area contributed by atoms with E-state index in [9.17, 15) is 9.59 Å². The van der Waals surface area contributed by atoms with Crippen molar-refractivity contribution in [1.82, 2.24) is 4.90 Å². The summed E-state index contributed by atoms with van der Waals surface area (Å²) in [6.45, 7) is 5.13. The van der Waals surface area contributed by atoms with Gasteiger partial charge >= 0.3 is 0 Å². The molecule has 0 aromatic heterocycles. The molecule has 6 heteroatoms. The van der Waals surface area contributed by atoms with Gasteiger partial charge in [0.15, 0.2) is 0 Å². The number of aryl methyl sites for hydroxylation is 1. The van der Waals surface area contributed by atoms with E-state index in [1.807, 2.05) is 29.2 Å². The molecule has 2 amide bonds. The average molecular weight is 382 g/mol. The number of carbonyl (C=O) groups is 2. The Bertz CT molecular complexity index is 862. The molecular weight excluding hydrogens is 358 g/mol. The molecule has 1 atom stereocenters. The highest BCUT2D eigenvalue weighted by molar-refractivity contribution is 8.01. The lowest BCUT2D eigenvalue weighted by molar-refractivity contribution is -0.132. The van der Waals surface area contributed by atoms with Crippen LogP contribution in [-0.2, 0) is 9.59 Å². The van der Waals surface area contributed by atoms with Gasteiger partial charge in [-0.2, -0.15) is 0 Å². The Kier molecular flexibility index (Phi) is 5.07. The van der Waals surface area contributed by atoms with Crippen LogP contribution in [0.15, 0.2) is 53.4 Å². The largest absolute Gasteiger partial charge is 0.368 e. The summed E-state index contributed by atoms with van der Waals surface area (Å²) >= 11 is 1.49. The van der Waals surface area contributed by atoms with E-state index in [1.165, 1.54) is 23.0 Å². The number of anilines is 2. The zero-order valence-electron chi connectivity index (χ0n) is 15.4. The predicted octanol–water partition coefficient (Wildman–Crippen LogP) is 3.15. The topological polar surface area (TPSA) is 52.6 Å². The molecule has 27 heavy (non-hydrogen) atoms. The zero-order chi connectivity index (χ0) is 18.8. The fraction of sp³-hybridized carbons (Fsp3) is 0.333. The molecule has 2 aromatic rings. The summed E-state index contributed by atoms with van der Waals surface area (Å²) in [5.74, 6) is -0.0172. The van der Waals surface area contributed by atoms with Crippen molar-refractivity contribution < 1.29 is 9.59 Å². The van der Waals surface area contributed by atoms with E-state index in [-0.39, 0.29) is 23.5 Å².